The topological polar surface area (TPSA) is 91.3 Å². The molecule has 2 amide bonds. The Hall–Kier alpha value is -2.11. The number of amides is 2. The van der Waals surface area contributed by atoms with E-state index in [2.05, 4.69) is 15.6 Å². The zero-order valence-electron chi connectivity index (χ0n) is 11.1. The molecular weight excluding hydrogens is 246 g/mol. The molecule has 0 saturated heterocycles. The SMILES string of the molecule is CCCC(CC(=O)O)NC(=O)Nc1cncc(C)c1. The van der Waals surface area contributed by atoms with E-state index in [0.717, 1.165) is 12.0 Å². The van der Waals surface area contributed by atoms with Crippen LogP contribution < -0.4 is 10.6 Å². The highest BCUT2D eigenvalue weighted by atomic mass is 16.4. The van der Waals surface area contributed by atoms with Crippen LogP contribution in [0.3, 0.4) is 0 Å². The van der Waals surface area contributed by atoms with E-state index in [1.165, 1.54) is 0 Å². The third kappa shape index (κ3) is 5.85. The summed E-state index contributed by atoms with van der Waals surface area (Å²) in [5.41, 5.74) is 1.52. The molecule has 0 aliphatic heterocycles. The Kier molecular flexibility index (Phi) is 5.78. The fraction of sp³-hybridized carbons (Fsp3) is 0.462. The van der Waals surface area contributed by atoms with Crippen molar-refractivity contribution in [1.82, 2.24) is 10.3 Å². The fourth-order valence-corrected chi connectivity index (χ4v) is 1.76. The minimum Gasteiger partial charge on any atom is -0.481 e. The van der Waals surface area contributed by atoms with E-state index in [0.29, 0.717) is 12.1 Å². The maximum absolute atomic E-state index is 11.7. The van der Waals surface area contributed by atoms with E-state index < -0.39 is 12.0 Å². The summed E-state index contributed by atoms with van der Waals surface area (Å²) in [6.45, 7) is 3.82. The van der Waals surface area contributed by atoms with Gasteiger partial charge in [-0.25, -0.2) is 4.79 Å². The number of nitrogens with one attached hydrogen (secondary N) is 2. The van der Waals surface area contributed by atoms with Crippen LogP contribution >= 0.6 is 0 Å². The normalized spacial score (nSPS) is 11.7. The van der Waals surface area contributed by atoms with E-state index in [1.807, 2.05) is 13.8 Å². The Labute approximate surface area is 112 Å². The third-order valence-electron chi connectivity index (χ3n) is 2.53. The van der Waals surface area contributed by atoms with Gasteiger partial charge in [-0.2, -0.15) is 0 Å². The number of aromatic nitrogens is 1. The lowest BCUT2D eigenvalue weighted by atomic mass is 10.1. The molecule has 1 aromatic rings. The lowest BCUT2D eigenvalue weighted by Crippen LogP contribution is -2.39. The molecule has 6 nitrogen and oxygen atoms in total. The van der Waals surface area contributed by atoms with E-state index in [1.54, 1.807) is 18.5 Å². The number of pyridine rings is 1. The number of nitrogens with zero attached hydrogens (tertiary/aromatic N) is 1. The number of hydrogen-bond acceptors (Lipinski definition) is 3. The fourth-order valence-electron chi connectivity index (χ4n) is 1.76. The van der Waals surface area contributed by atoms with Crippen molar-refractivity contribution in [1.29, 1.82) is 0 Å². The predicted molar refractivity (Wildman–Crippen MR) is 72.1 cm³/mol. The molecule has 3 N–H and O–H groups in total. The molecule has 19 heavy (non-hydrogen) atoms. The second-order valence-corrected chi connectivity index (χ2v) is 4.43. The molecule has 1 rings (SSSR count). The van der Waals surface area contributed by atoms with Gasteiger partial charge in [-0.3, -0.25) is 9.78 Å². The first kappa shape index (κ1) is 14.9. The smallest absolute Gasteiger partial charge is 0.319 e. The van der Waals surface area contributed by atoms with Gasteiger partial charge < -0.3 is 15.7 Å². The quantitative estimate of drug-likeness (QED) is 0.735. The molecule has 104 valence electrons. The average molecular weight is 265 g/mol. The Morgan fingerprint density at radius 2 is 2.16 bits per heavy atom. The number of carbonyl (C=O) groups excluding carboxylic acids is 1. The molecule has 1 atom stereocenters. The lowest BCUT2D eigenvalue weighted by molar-refractivity contribution is -0.137. The van der Waals surface area contributed by atoms with Crippen LogP contribution in [0, 0.1) is 6.92 Å². The number of anilines is 1. The monoisotopic (exact) mass is 265 g/mol. The van der Waals surface area contributed by atoms with Gasteiger partial charge in [0.25, 0.3) is 0 Å². The van der Waals surface area contributed by atoms with E-state index in [-0.39, 0.29) is 12.5 Å². The molecule has 1 unspecified atom stereocenters. The number of urea groups is 1. The minimum atomic E-state index is -0.920. The number of aliphatic carboxylic acids is 1. The number of hydrogen-bond donors (Lipinski definition) is 3. The van der Waals surface area contributed by atoms with Gasteiger partial charge in [0.2, 0.25) is 0 Å². The highest BCUT2D eigenvalue weighted by molar-refractivity contribution is 5.89. The maximum Gasteiger partial charge on any atom is 0.319 e. The largest absolute Gasteiger partial charge is 0.481 e. The molecule has 0 aliphatic rings. The Balaban J connectivity index is 2.54. The van der Waals surface area contributed by atoms with Crippen LogP contribution in [0.15, 0.2) is 18.5 Å². The number of carboxylic acid groups (broad SMARTS) is 1. The van der Waals surface area contributed by atoms with Crippen LogP contribution in [0.2, 0.25) is 0 Å². The summed E-state index contributed by atoms with van der Waals surface area (Å²) >= 11 is 0. The first-order valence-corrected chi connectivity index (χ1v) is 6.22. The van der Waals surface area contributed by atoms with Crippen LogP contribution in [0.25, 0.3) is 0 Å². The molecule has 0 aromatic carbocycles. The van der Waals surface area contributed by atoms with Crippen molar-refractivity contribution in [2.45, 2.75) is 39.2 Å². The van der Waals surface area contributed by atoms with Gasteiger partial charge in [0, 0.05) is 12.2 Å². The standard InChI is InChI=1S/C13H19N3O3/c1-3-4-10(6-12(17)18)15-13(19)16-11-5-9(2)7-14-8-11/h5,7-8,10H,3-4,6H2,1-2H3,(H,17,18)(H2,15,16,19). The highest BCUT2D eigenvalue weighted by Crippen LogP contribution is 2.08. The van der Waals surface area contributed by atoms with Crippen LogP contribution in [0.4, 0.5) is 10.5 Å². The average Bonchev–Trinajstić information content (AvgIpc) is 2.27. The van der Waals surface area contributed by atoms with Crippen molar-refractivity contribution in [3.8, 4) is 0 Å². The molecule has 0 bridgehead atoms. The summed E-state index contributed by atoms with van der Waals surface area (Å²) in [4.78, 5) is 26.4. The molecule has 0 fully saturated rings. The van der Waals surface area contributed by atoms with Crippen molar-refractivity contribution < 1.29 is 14.7 Å². The highest BCUT2D eigenvalue weighted by Gasteiger charge is 2.15. The van der Waals surface area contributed by atoms with Crippen LogP contribution in [0.1, 0.15) is 31.7 Å². The lowest BCUT2D eigenvalue weighted by Gasteiger charge is -2.16. The second-order valence-electron chi connectivity index (χ2n) is 4.43. The Bertz CT molecular complexity index is 449. The summed E-state index contributed by atoms with van der Waals surface area (Å²) in [5, 5.41) is 14.1. The molecule has 0 radical (unpaired) electrons. The van der Waals surface area contributed by atoms with Crippen molar-refractivity contribution in [2.75, 3.05) is 5.32 Å². The third-order valence-corrected chi connectivity index (χ3v) is 2.53. The van der Waals surface area contributed by atoms with Gasteiger partial charge in [0.1, 0.15) is 0 Å². The van der Waals surface area contributed by atoms with E-state index in [4.69, 9.17) is 5.11 Å². The van der Waals surface area contributed by atoms with Gasteiger partial charge in [-0.05, 0) is 25.0 Å². The summed E-state index contributed by atoms with van der Waals surface area (Å²) in [6.07, 6.45) is 4.59. The molecular formula is C13H19N3O3. The van der Waals surface area contributed by atoms with E-state index in [9.17, 15) is 9.59 Å². The molecule has 1 heterocycles. The van der Waals surface area contributed by atoms with Gasteiger partial charge in [0.15, 0.2) is 0 Å². The second kappa shape index (κ2) is 7.35. The number of carbonyl (C=O) groups is 2. The maximum atomic E-state index is 11.7. The predicted octanol–water partition coefficient (Wildman–Crippen LogP) is 2.15. The summed E-state index contributed by atoms with van der Waals surface area (Å²) in [7, 11) is 0. The van der Waals surface area contributed by atoms with Crippen LogP contribution in [-0.4, -0.2) is 28.1 Å². The van der Waals surface area contributed by atoms with Crippen molar-refractivity contribution >= 4 is 17.7 Å². The van der Waals surface area contributed by atoms with Gasteiger partial charge in [-0.15, -0.1) is 0 Å². The van der Waals surface area contributed by atoms with Gasteiger partial charge in [-0.1, -0.05) is 13.3 Å². The summed E-state index contributed by atoms with van der Waals surface area (Å²) in [6, 6.07) is 1.02. The first-order chi connectivity index (χ1) is 9.01. The Morgan fingerprint density at radius 1 is 1.42 bits per heavy atom. The molecule has 6 heteroatoms. The zero-order chi connectivity index (χ0) is 14.3. The van der Waals surface area contributed by atoms with Crippen molar-refractivity contribution in [3.05, 3.63) is 24.0 Å². The summed E-state index contributed by atoms with van der Waals surface area (Å²) in [5.74, 6) is -0.920. The zero-order valence-corrected chi connectivity index (χ0v) is 11.1. The van der Waals surface area contributed by atoms with Crippen molar-refractivity contribution in [3.63, 3.8) is 0 Å². The number of aryl methyl sites for hydroxylation is 1. The van der Waals surface area contributed by atoms with Gasteiger partial charge >= 0.3 is 12.0 Å². The molecule has 1 aromatic heterocycles. The molecule has 0 aliphatic carbocycles. The van der Waals surface area contributed by atoms with Crippen LogP contribution in [-0.2, 0) is 4.79 Å². The molecule has 0 spiro atoms. The molecule has 0 saturated carbocycles. The number of rotatable bonds is 6. The first-order valence-electron chi connectivity index (χ1n) is 6.22. The Morgan fingerprint density at radius 3 is 2.74 bits per heavy atom. The van der Waals surface area contributed by atoms with Crippen LogP contribution in [0.5, 0.6) is 0 Å². The van der Waals surface area contributed by atoms with Crippen molar-refractivity contribution in [2.24, 2.45) is 0 Å². The van der Waals surface area contributed by atoms with E-state index >= 15 is 0 Å². The minimum absolute atomic E-state index is 0.0761. The summed E-state index contributed by atoms with van der Waals surface area (Å²) < 4.78 is 0. The number of carboxylic acids is 1. The van der Waals surface area contributed by atoms with Gasteiger partial charge in [0.05, 0.1) is 18.3 Å².